The van der Waals surface area contributed by atoms with Crippen LogP contribution in [0.2, 0.25) is 0 Å². The Hall–Kier alpha value is -2.74. The van der Waals surface area contributed by atoms with E-state index < -0.39 is 23.4 Å². The number of benzene rings is 1. The summed E-state index contributed by atoms with van der Waals surface area (Å²) in [6.07, 6.45) is 0.133. The zero-order chi connectivity index (χ0) is 19.8. The molecule has 8 nitrogen and oxygen atoms in total. The number of esters is 1. The minimum Gasteiger partial charge on any atom is -0.493 e. The normalized spacial score (nSPS) is 24.2. The summed E-state index contributed by atoms with van der Waals surface area (Å²) in [6, 6.07) is 5.18. The van der Waals surface area contributed by atoms with Crippen LogP contribution in [0.5, 0.6) is 11.5 Å². The summed E-state index contributed by atoms with van der Waals surface area (Å²) in [5, 5.41) is 16.4. The fourth-order valence-corrected chi connectivity index (χ4v) is 3.89. The van der Waals surface area contributed by atoms with E-state index in [1.807, 2.05) is 0 Å². The molecule has 1 aromatic heterocycles. The summed E-state index contributed by atoms with van der Waals surface area (Å²) in [5.41, 5.74) is -0.0777. The zero-order valence-corrected chi connectivity index (χ0v) is 15.8. The van der Waals surface area contributed by atoms with Crippen molar-refractivity contribution in [2.45, 2.75) is 31.8 Å². The van der Waals surface area contributed by atoms with Gasteiger partial charge in [-0.15, -0.1) is 0 Å². The highest BCUT2D eigenvalue weighted by molar-refractivity contribution is 5.77. The maximum absolute atomic E-state index is 12.8. The average Bonchev–Trinajstić information content (AvgIpc) is 2.99. The van der Waals surface area contributed by atoms with Crippen molar-refractivity contribution in [3.05, 3.63) is 45.4 Å². The molecule has 0 saturated carbocycles. The van der Waals surface area contributed by atoms with Crippen molar-refractivity contribution in [1.29, 1.82) is 0 Å². The molecule has 146 valence electrons. The summed E-state index contributed by atoms with van der Waals surface area (Å²) in [5.74, 6) is -1.19. The third-order valence-electron chi connectivity index (χ3n) is 5.05. The van der Waals surface area contributed by atoms with E-state index in [9.17, 15) is 14.7 Å². The van der Waals surface area contributed by atoms with Gasteiger partial charge in [-0.25, -0.2) is 0 Å². The number of hydrogen-bond acceptors (Lipinski definition) is 6. The van der Waals surface area contributed by atoms with Crippen LogP contribution in [0, 0.1) is 5.92 Å². The van der Waals surface area contributed by atoms with Gasteiger partial charge >= 0.3 is 5.97 Å². The van der Waals surface area contributed by atoms with E-state index in [2.05, 4.69) is 10.2 Å². The van der Waals surface area contributed by atoms with Gasteiger partial charge in [0.25, 0.3) is 5.56 Å². The van der Waals surface area contributed by atoms with Crippen LogP contribution >= 0.6 is 0 Å². The topological polar surface area (TPSA) is 114 Å². The van der Waals surface area contributed by atoms with Crippen LogP contribution < -0.4 is 15.0 Å². The standard InChI is InChI=1S/C19H24N2O6/c1-5-27-18(23)16-14(10-6-7-12(25-3)13(8-10)26-4)15-11(9-19(16,2)24)20-21-17(15)22/h6-8,14,16,24H,5,9H2,1-4H3,(H2,20,21,22)/t14-,16+,19+/m0/s1. The lowest BCUT2D eigenvalue weighted by molar-refractivity contribution is -0.159. The van der Waals surface area contributed by atoms with Gasteiger partial charge in [-0.05, 0) is 31.5 Å². The van der Waals surface area contributed by atoms with Crippen LogP contribution in [-0.4, -0.2) is 47.7 Å². The number of carbonyl (C=O) groups is 1. The van der Waals surface area contributed by atoms with E-state index in [0.717, 1.165) is 0 Å². The molecule has 0 saturated heterocycles. The van der Waals surface area contributed by atoms with Gasteiger partial charge in [-0.3, -0.25) is 14.7 Å². The Balaban J connectivity index is 2.22. The van der Waals surface area contributed by atoms with Crippen LogP contribution in [0.4, 0.5) is 0 Å². The lowest BCUT2D eigenvalue weighted by Gasteiger charge is -2.40. The Morgan fingerprint density at radius 3 is 2.59 bits per heavy atom. The Morgan fingerprint density at radius 1 is 1.26 bits per heavy atom. The fourth-order valence-electron chi connectivity index (χ4n) is 3.89. The molecule has 3 N–H and O–H groups in total. The number of aliphatic hydroxyl groups is 1. The van der Waals surface area contributed by atoms with E-state index in [1.165, 1.54) is 14.2 Å². The van der Waals surface area contributed by atoms with Crippen molar-refractivity contribution < 1.29 is 24.1 Å². The Morgan fingerprint density at radius 2 is 1.96 bits per heavy atom. The van der Waals surface area contributed by atoms with Crippen molar-refractivity contribution in [1.82, 2.24) is 10.2 Å². The van der Waals surface area contributed by atoms with Gasteiger partial charge in [0.2, 0.25) is 0 Å². The molecule has 0 spiro atoms. The number of hydrogen-bond donors (Lipinski definition) is 3. The van der Waals surface area contributed by atoms with Crippen LogP contribution in [0.3, 0.4) is 0 Å². The Bertz CT molecular complexity index is 898. The van der Waals surface area contributed by atoms with Gasteiger partial charge in [-0.2, -0.15) is 0 Å². The minimum atomic E-state index is -1.40. The third-order valence-corrected chi connectivity index (χ3v) is 5.05. The molecule has 0 radical (unpaired) electrons. The molecule has 0 unspecified atom stereocenters. The minimum absolute atomic E-state index is 0.133. The molecule has 0 aliphatic heterocycles. The first-order chi connectivity index (χ1) is 12.8. The van der Waals surface area contributed by atoms with Gasteiger partial charge in [0.05, 0.1) is 32.3 Å². The molecule has 3 rings (SSSR count). The molecule has 0 fully saturated rings. The van der Waals surface area contributed by atoms with Crippen molar-refractivity contribution >= 4 is 5.97 Å². The maximum Gasteiger partial charge on any atom is 0.312 e. The second-order valence-corrected chi connectivity index (χ2v) is 6.83. The molecule has 0 amide bonds. The molecule has 1 aliphatic rings. The summed E-state index contributed by atoms with van der Waals surface area (Å²) in [4.78, 5) is 25.2. The van der Waals surface area contributed by atoms with Crippen LogP contribution in [0.15, 0.2) is 23.0 Å². The Labute approximate surface area is 156 Å². The van der Waals surface area contributed by atoms with Crippen LogP contribution in [0.25, 0.3) is 0 Å². The molecule has 1 aliphatic carbocycles. The number of carbonyl (C=O) groups excluding carboxylic acids is 1. The lowest BCUT2D eigenvalue weighted by atomic mass is 9.66. The number of fused-ring (bicyclic) bond motifs is 1. The molecule has 8 heteroatoms. The first-order valence-corrected chi connectivity index (χ1v) is 8.74. The Kier molecular flexibility index (Phi) is 5.01. The summed E-state index contributed by atoms with van der Waals surface area (Å²) in [7, 11) is 3.04. The molecular formula is C19H24N2O6. The number of ether oxygens (including phenoxy) is 3. The lowest BCUT2D eigenvalue weighted by Crippen LogP contribution is -2.50. The SMILES string of the molecule is CCOC(=O)[C@H]1[C@@H](c2ccc(OC)c(OC)c2)c2c([nH][nH]c2=O)C[C@@]1(C)O. The van der Waals surface area contributed by atoms with E-state index in [-0.39, 0.29) is 18.6 Å². The predicted octanol–water partition coefficient (Wildman–Crippen LogP) is 1.34. The first kappa shape index (κ1) is 19.0. The van der Waals surface area contributed by atoms with Crippen molar-refractivity contribution in [2.24, 2.45) is 5.92 Å². The van der Waals surface area contributed by atoms with Crippen LogP contribution in [-0.2, 0) is 16.0 Å². The third kappa shape index (κ3) is 3.21. The molecule has 27 heavy (non-hydrogen) atoms. The molecule has 3 atom stereocenters. The average molecular weight is 376 g/mol. The zero-order valence-electron chi connectivity index (χ0n) is 15.8. The summed E-state index contributed by atoms with van der Waals surface area (Å²) in [6.45, 7) is 3.46. The van der Waals surface area contributed by atoms with Crippen molar-refractivity contribution in [3.63, 3.8) is 0 Å². The van der Waals surface area contributed by atoms with E-state index in [1.54, 1.807) is 32.0 Å². The molecule has 0 bridgehead atoms. The smallest absolute Gasteiger partial charge is 0.312 e. The first-order valence-electron chi connectivity index (χ1n) is 8.74. The summed E-state index contributed by atoms with van der Waals surface area (Å²) < 4.78 is 15.9. The molecule has 1 heterocycles. The van der Waals surface area contributed by atoms with Crippen molar-refractivity contribution in [3.8, 4) is 11.5 Å². The summed E-state index contributed by atoms with van der Waals surface area (Å²) >= 11 is 0. The maximum atomic E-state index is 12.8. The predicted molar refractivity (Wildman–Crippen MR) is 97.3 cm³/mol. The fraction of sp³-hybridized carbons (Fsp3) is 0.474. The van der Waals surface area contributed by atoms with Gasteiger partial charge < -0.3 is 24.4 Å². The number of methoxy groups -OCH3 is 2. The largest absolute Gasteiger partial charge is 0.493 e. The van der Waals surface area contributed by atoms with E-state index in [4.69, 9.17) is 14.2 Å². The highest BCUT2D eigenvalue weighted by Gasteiger charge is 2.51. The van der Waals surface area contributed by atoms with E-state index in [0.29, 0.717) is 28.3 Å². The number of rotatable bonds is 5. The molecule has 2 aromatic rings. The highest BCUT2D eigenvalue weighted by Crippen LogP contribution is 2.46. The molecular weight excluding hydrogens is 352 g/mol. The van der Waals surface area contributed by atoms with Gasteiger partial charge in [0, 0.05) is 23.6 Å². The second-order valence-electron chi connectivity index (χ2n) is 6.83. The second kappa shape index (κ2) is 7.11. The number of H-pyrrole nitrogens is 2. The number of nitrogens with one attached hydrogen (secondary N) is 2. The van der Waals surface area contributed by atoms with Crippen LogP contribution in [0.1, 0.15) is 36.6 Å². The number of aromatic nitrogens is 2. The monoisotopic (exact) mass is 376 g/mol. The van der Waals surface area contributed by atoms with Gasteiger partial charge in [0.1, 0.15) is 0 Å². The molecule has 1 aromatic carbocycles. The van der Waals surface area contributed by atoms with E-state index >= 15 is 0 Å². The number of aromatic amines is 2. The quantitative estimate of drug-likeness (QED) is 0.679. The van der Waals surface area contributed by atoms with Gasteiger partial charge in [0.15, 0.2) is 11.5 Å². The van der Waals surface area contributed by atoms with Gasteiger partial charge in [-0.1, -0.05) is 6.07 Å². The highest BCUT2D eigenvalue weighted by atomic mass is 16.5. The van der Waals surface area contributed by atoms with Crippen molar-refractivity contribution in [2.75, 3.05) is 20.8 Å².